The lowest BCUT2D eigenvalue weighted by Gasteiger charge is -1.90. The van der Waals surface area contributed by atoms with Crippen LogP contribution in [0.4, 0.5) is 0 Å². The third-order valence-corrected chi connectivity index (χ3v) is 1.45. The Morgan fingerprint density at radius 1 is 1.58 bits per heavy atom. The highest BCUT2D eigenvalue weighted by Gasteiger charge is 2.02. The van der Waals surface area contributed by atoms with Gasteiger partial charge in [-0.25, -0.2) is 0 Å². The Balaban J connectivity index is 3.02. The number of rotatable bonds is 3. The molecule has 1 aromatic rings. The molecular weight excluding hydrogens is 152 g/mol. The van der Waals surface area contributed by atoms with Gasteiger partial charge < -0.3 is 4.42 Å². The molecule has 0 radical (unpaired) electrons. The summed E-state index contributed by atoms with van der Waals surface area (Å²) in [5.41, 5.74) is 0.512. The summed E-state index contributed by atoms with van der Waals surface area (Å²) in [6.07, 6.45) is 3.92. The van der Waals surface area contributed by atoms with Crippen molar-refractivity contribution in [3.63, 3.8) is 0 Å². The molecule has 0 amide bonds. The van der Waals surface area contributed by atoms with Crippen molar-refractivity contribution in [2.24, 2.45) is 0 Å². The summed E-state index contributed by atoms with van der Waals surface area (Å²) in [4.78, 5) is 10.5. The number of aldehydes is 1. The normalized spacial score (nSPS) is 11.2. The van der Waals surface area contributed by atoms with Crippen LogP contribution >= 0.6 is 0 Å². The van der Waals surface area contributed by atoms with Gasteiger partial charge in [0.1, 0.15) is 11.5 Å². The summed E-state index contributed by atoms with van der Waals surface area (Å²) in [5, 5.41) is 0. The van der Waals surface area contributed by atoms with Gasteiger partial charge in [0.15, 0.2) is 6.29 Å². The SMILES string of the molecule is C=CC=C(C=O)c1ccc(C)o1. The molecule has 1 aromatic heterocycles. The number of aryl methyl sites for hydroxylation is 1. The van der Waals surface area contributed by atoms with Crippen LogP contribution in [0.1, 0.15) is 11.5 Å². The van der Waals surface area contributed by atoms with Gasteiger partial charge >= 0.3 is 0 Å². The molecule has 0 saturated carbocycles. The Morgan fingerprint density at radius 3 is 2.75 bits per heavy atom. The van der Waals surface area contributed by atoms with Crippen LogP contribution in [0.15, 0.2) is 35.3 Å². The number of furan rings is 1. The first-order chi connectivity index (χ1) is 5.77. The minimum atomic E-state index is 0.512. The molecule has 0 bridgehead atoms. The molecule has 0 aromatic carbocycles. The molecule has 62 valence electrons. The summed E-state index contributed by atoms with van der Waals surface area (Å²) in [5.74, 6) is 1.38. The Hall–Kier alpha value is -1.57. The van der Waals surface area contributed by atoms with E-state index in [-0.39, 0.29) is 0 Å². The van der Waals surface area contributed by atoms with Crippen molar-refractivity contribution in [2.75, 3.05) is 0 Å². The van der Waals surface area contributed by atoms with Crippen molar-refractivity contribution in [1.82, 2.24) is 0 Å². The molecule has 1 heterocycles. The lowest BCUT2D eigenvalue weighted by atomic mass is 10.2. The summed E-state index contributed by atoms with van der Waals surface area (Å²) in [6, 6.07) is 3.58. The minimum absolute atomic E-state index is 0.512. The first-order valence-electron chi connectivity index (χ1n) is 3.62. The summed E-state index contributed by atoms with van der Waals surface area (Å²) in [6.45, 7) is 5.34. The van der Waals surface area contributed by atoms with Crippen LogP contribution in [0.2, 0.25) is 0 Å². The zero-order chi connectivity index (χ0) is 8.97. The van der Waals surface area contributed by atoms with Crippen molar-refractivity contribution in [3.05, 3.63) is 42.4 Å². The first-order valence-corrected chi connectivity index (χ1v) is 3.62. The monoisotopic (exact) mass is 162 g/mol. The number of hydrogen-bond acceptors (Lipinski definition) is 2. The second kappa shape index (κ2) is 3.72. The molecule has 0 fully saturated rings. The maximum absolute atomic E-state index is 10.5. The van der Waals surface area contributed by atoms with Crippen molar-refractivity contribution in [2.45, 2.75) is 6.92 Å². The van der Waals surface area contributed by atoms with E-state index in [0.29, 0.717) is 11.3 Å². The zero-order valence-electron chi connectivity index (χ0n) is 6.91. The van der Waals surface area contributed by atoms with Crippen molar-refractivity contribution >= 4 is 11.9 Å². The van der Waals surface area contributed by atoms with Crippen LogP contribution in [0.5, 0.6) is 0 Å². The molecule has 0 unspecified atom stereocenters. The first kappa shape index (κ1) is 8.53. The Bertz CT molecular complexity index is 318. The van der Waals surface area contributed by atoms with Gasteiger partial charge in [0.05, 0.1) is 5.57 Å². The second-order valence-corrected chi connectivity index (χ2v) is 2.39. The topological polar surface area (TPSA) is 30.2 Å². The van der Waals surface area contributed by atoms with E-state index in [1.54, 1.807) is 18.2 Å². The highest BCUT2D eigenvalue weighted by Crippen LogP contribution is 2.15. The lowest BCUT2D eigenvalue weighted by Crippen LogP contribution is -1.80. The van der Waals surface area contributed by atoms with E-state index in [0.717, 1.165) is 12.0 Å². The highest BCUT2D eigenvalue weighted by molar-refractivity contribution is 6.06. The molecule has 0 N–H and O–H groups in total. The second-order valence-electron chi connectivity index (χ2n) is 2.39. The Labute approximate surface area is 71.2 Å². The van der Waals surface area contributed by atoms with Crippen LogP contribution in [0.3, 0.4) is 0 Å². The lowest BCUT2D eigenvalue weighted by molar-refractivity contribution is -0.103. The third-order valence-electron chi connectivity index (χ3n) is 1.45. The summed E-state index contributed by atoms with van der Waals surface area (Å²) in [7, 11) is 0. The highest BCUT2D eigenvalue weighted by atomic mass is 16.3. The molecule has 0 aliphatic rings. The van der Waals surface area contributed by atoms with E-state index in [1.807, 2.05) is 13.0 Å². The minimum Gasteiger partial charge on any atom is -0.461 e. The number of allylic oxidation sites excluding steroid dienone is 3. The average Bonchev–Trinajstić information content (AvgIpc) is 2.47. The van der Waals surface area contributed by atoms with E-state index < -0.39 is 0 Å². The van der Waals surface area contributed by atoms with Crippen molar-refractivity contribution in [3.8, 4) is 0 Å². The van der Waals surface area contributed by atoms with Gasteiger partial charge in [-0.2, -0.15) is 0 Å². The largest absolute Gasteiger partial charge is 0.461 e. The van der Waals surface area contributed by atoms with Gasteiger partial charge in [-0.15, -0.1) is 0 Å². The molecule has 0 aliphatic heterocycles. The maximum atomic E-state index is 10.5. The van der Waals surface area contributed by atoms with E-state index >= 15 is 0 Å². The van der Waals surface area contributed by atoms with E-state index in [2.05, 4.69) is 6.58 Å². The van der Waals surface area contributed by atoms with E-state index in [4.69, 9.17) is 4.42 Å². The Morgan fingerprint density at radius 2 is 2.33 bits per heavy atom. The van der Waals surface area contributed by atoms with Gasteiger partial charge in [-0.1, -0.05) is 12.7 Å². The fraction of sp³-hybridized carbons (Fsp3) is 0.100. The molecular formula is C10H10O2. The van der Waals surface area contributed by atoms with Crippen LogP contribution in [0, 0.1) is 6.92 Å². The fourth-order valence-electron chi connectivity index (χ4n) is 0.896. The van der Waals surface area contributed by atoms with E-state index in [9.17, 15) is 4.79 Å². The third kappa shape index (κ3) is 1.72. The summed E-state index contributed by atoms with van der Waals surface area (Å²) < 4.78 is 5.24. The Kier molecular flexibility index (Phi) is 2.64. The van der Waals surface area contributed by atoms with Gasteiger partial charge in [-0.05, 0) is 25.1 Å². The predicted octanol–water partition coefficient (Wildman–Crippen LogP) is 2.36. The van der Waals surface area contributed by atoms with Gasteiger partial charge in [0.25, 0.3) is 0 Å². The number of carbonyl (C=O) groups is 1. The van der Waals surface area contributed by atoms with Crippen molar-refractivity contribution < 1.29 is 9.21 Å². The smallest absolute Gasteiger partial charge is 0.153 e. The van der Waals surface area contributed by atoms with Crippen LogP contribution in [-0.2, 0) is 4.79 Å². The summed E-state index contributed by atoms with van der Waals surface area (Å²) >= 11 is 0. The van der Waals surface area contributed by atoms with Gasteiger partial charge in [-0.3, -0.25) is 4.79 Å². The van der Waals surface area contributed by atoms with Crippen LogP contribution in [-0.4, -0.2) is 6.29 Å². The number of carbonyl (C=O) groups excluding carboxylic acids is 1. The average molecular weight is 162 g/mol. The quantitative estimate of drug-likeness (QED) is 0.388. The zero-order valence-corrected chi connectivity index (χ0v) is 6.91. The molecule has 2 nitrogen and oxygen atoms in total. The molecule has 1 rings (SSSR count). The molecule has 12 heavy (non-hydrogen) atoms. The standard InChI is InChI=1S/C10H10O2/c1-3-4-9(7-11)10-6-5-8(2)12-10/h3-7H,1H2,2H3. The molecule has 2 heteroatoms. The molecule has 0 spiro atoms. The van der Waals surface area contributed by atoms with E-state index in [1.165, 1.54) is 0 Å². The maximum Gasteiger partial charge on any atom is 0.153 e. The van der Waals surface area contributed by atoms with Gasteiger partial charge in [0.2, 0.25) is 0 Å². The van der Waals surface area contributed by atoms with Crippen LogP contribution in [0.25, 0.3) is 5.57 Å². The molecule has 0 saturated heterocycles. The predicted molar refractivity (Wildman–Crippen MR) is 47.7 cm³/mol. The fourth-order valence-corrected chi connectivity index (χ4v) is 0.896. The molecule has 0 atom stereocenters. The van der Waals surface area contributed by atoms with Crippen LogP contribution < -0.4 is 0 Å². The van der Waals surface area contributed by atoms with Gasteiger partial charge in [0, 0.05) is 0 Å². The number of hydrogen-bond donors (Lipinski definition) is 0. The molecule has 0 aliphatic carbocycles. The van der Waals surface area contributed by atoms with Crippen molar-refractivity contribution in [1.29, 1.82) is 0 Å².